The third kappa shape index (κ3) is 9.05. The molecule has 6 heteroatoms. The molecule has 0 unspecified atom stereocenters. The molecule has 0 amide bonds. The summed E-state index contributed by atoms with van der Waals surface area (Å²) >= 11 is 0. The van der Waals surface area contributed by atoms with Gasteiger partial charge < -0.3 is 25.4 Å². The number of benzene rings is 1. The van der Waals surface area contributed by atoms with Crippen LogP contribution in [0.2, 0.25) is 0 Å². The summed E-state index contributed by atoms with van der Waals surface area (Å²) in [5.41, 5.74) is 2.47. The minimum atomic E-state index is 0.318. The molecule has 1 heterocycles. The SMILES string of the molecule is CCCCOCCCNC(=NCc1ccc(N2CCC(CO)CC2)cc1)NCC. The van der Waals surface area contributed by atoms with E-state index in [-0.39, 0.29) is 0 Å². The lowest BCUT2D eigenvalue weighted by Crippen LogP contribution is -2.38. The third-order valence-electron chi connectivity index (χ3n) is 5.34. The fraction of sp³-hybridized carbons (Fsp3) is 0.696. The van der Waals surface area contributed by atoms with Crippen molar-refractivity contribution in [3.8, 4) is 0 Å². The average molecular weight is 405 g/mol. The summed E-state index contributed by atoms with van der Waals surface area (Å²) < 4.78 is 5.60. The average Bonchev–Trinajstić information content (AvgIpc) is 2.77. The molecule has 1 fully saturated rings. The summed E-state index contributed by atoms with van der Waals surface area (Å²) in [6, 6.07) is 8.72. The highest BCUT2D eigenvalue weighted by Gasteiger charge is 2.18. The predicted molar refractivity (Wildman–Crippen MR) is 122 cm³/mol. The van der Waals surface area contributed by atoms with Crippen LogP contribution >= 0.6 is 0 Å². The number of rotatable bonds is 12. The fourth-order valence-electron chi connectivity index (χ4n) is 3.43. The van der Waals surface area contributed by atoms with E-state index in [1.54, 1.807) is 0 Å². The monoisotopic (exact) mass is 404 g/mol. The molecule has 0 radical (unpaired) electrons. The summed E-state index contributed by atoms with van der Waals surface area (Å²) in [5, 5.41) is 16.0. The molecule has 6 nitrogen and oxygen atoms in total. The fourth-order valence-corrected chi connectivity index (χ4v) is 3.43. The lowest BCUT2D eigenvalue weighted by molar-refractivity contribution is 0.129. The van der Waals surface area contributed by atoms with Gasteiger partial charge in [-0.05, 0) is 56.2 Å². The topological polar surface area (TPSA) is 69.1 Å². The quantitative estimate of drug-likeness (QED) is 0.284. The molecule has 1 aliphatic rings. The first kappa shape index (κ1) is 23.5. The van der Waals surface area contributed by atoms with Crippen LogP contribution < -0.4 is 15.5 Å². The van der Waals surface area contributed by atoms with Gasteiger partial charge in [0.1, 0.15) is 0 Å². The van der Waals surface area contributed by atoms with Gasteiger partial charge in [0.25, 0.3) is 0 Å². The van der Waals surface area contributed by atoms with Crippen molar-refractivity contribution in [3.63, 3.8) is 0 Å². The number of nitrogens with one attached hydrogen (secondary N) is 2. The van der Waals surface area contributed by atoms with Gasteiger partial charge in [-0.1, -0.05) is 25.5 Å². The molecular formula is C23H40N4O2. The van der Waals surface area contributed by atoms with Crippen LogP contribution in [0.4, 0.5) is 5.69 Å². The van der Waals surface area contributed by atoms with Crippen LogP contribution in [0.3, 0.4) is 0 Å². The van der Waals surface area contributed by atoms with Crippen LogP contribution in [-0.2, 0) is 11.3 Å². The number of nitrogens with zero attached hydrogens (tertiary/aromatic N) is 2. The van der Waals surface area contributed by atoms with Gasteiger partial charge in [0, 0.05) is 51.7 Å². The summed E-state index contributed by atoms with van der Waals surface area (Å²) in [4.78, 5) is 7.12. The zero-order valence-electron chi connectivity index (χ0n) is 18.3. The molecule has 0 aromatic heterocycles. The normalized spacial score (nSPS) is 15.6. The number of anilines is 1. The second kappa shape index (κ2) is 14.2. The molecule has 0 spiro atoms. The number of ether oxygens (including phenoxy) is 1. The maximum absolute atomic E-state index is 9.29. The second-order valence-electron chi connectivity index (χ2n) is 7.72. The lowest BCUT2D eigenvalue weighted by atomic mass is 9.97. The zero-order chi connectivity index (χ0) is 20.7. The van der Waals surface area contributed by atoms with Gasteiger partial charge >= 0.3 is 0 Å². The Morgan fingerprint density at radius 2 is 1.83 bits per heavy atom. The standard InChI is InChI=1S/C23H40N4O2/c1-3-5-16-29-17-6-13-25-23(24-4-2)26-18-20-7-9-22(10-8-20)27-14-11-21(19-28)12-15-27/h7-10,21,28H,3-6,11-19H2,1-2H3,(H2,24,25,26). The van der Waals surface area contributed by atoms with Crippen molar-refractivity contribution < 1.29 is 9.84 Å². The van der Waals surface area contributed by atoms with Crippen molar-refractivity contribution >= 4 is 11.6 Å². The van der Waals surface area contributed by atoms with Gasteiger partial charge in [-0.15, -0.1) is 0 Å². The Labute approximate surface area is 176 Å². The van der Waals surface area contributed by atoms with Gasteiger partial charge in [-0.3, -0.25) is 0 Å². The van der Waals surface area contributed by atoms with Crippen molar-refractivity contribution in [1.29, 1.82) is 0 Å². The molecule has 0 atom stereocenters. The number of hydrogen-bond donors (Lipinski definition) is 3. The summed E-state index contributed by atoms with van der Waals surface area (Å²) in [7, 11) is 0. The van der Waals surface area contributed by atoms with E-state index >= 15 is 0 Å². The molecule has 0 saturated carbocycles. The van der Waals surface area contributed by atoms with Gasteiger partial charge in [0.15, 0.2) is 5.96 Å². The van der Waals surface area contributed by atoms with Crippen molar-refractivity contribution in [1.82, 2.24) is 10.6 Å². The van der Waals surface area contributed by atoms with Crippen LogP contribution in [0.25, 0.3) is 0 Å². The number of aliphatic hydroxyl groups excluding tert-OH is 1. The van der Waals surface area contributed by atoms with Crippen LogP contribution in [-0.4, -0.2) is 57.1 Å². The molecule has 1 aromatic carbocycles. The minimum absolute atomic E-state index is 0.318. The van der Waals surface area contributed by atoms with Crippen LogP contribution in [0.5, 0.6) is 0 Å². The minimum Gasteiger partial charge on any atom is -0.396 e. The van der Waals surface area contributed by atoms with Crippen molar-refractivity contribution in [3.05, 3.63) is 29.8 Å². The van der Waals surface area contributed by atoms with Crippen molar-refractivity contribution in [2.45, 2.75) is 52.5 Å². The van der Waals surface area contributed by atoms with Gasteiger partial charge in [-0.2, -0.15) is 0 Å². The first-order valence-electron chi connectivity index (χ1n) is 11.3. The Kier molecular flexibility index (Phi) is 11.5. The van der Waals surface area contributed by atoms with E-state index in [4.69, 9.17) is 9.73 Å². The summed E-state index contributed by atoms with van der Waals surface area (Å²) in [6.45, 7) is 10.7. The highest BCUT2D eigenvalue weighted by Crippen LogP contribution is 2.23. The highest BCUT2D eigenvalue weighted by molar-refractivity contribution is 5.79. The van der Waals surface area contributed by atoms with E-state index in [1.807, 2.05) is 0 Å². The van der Waals surface area contributed by atoms with Crippen LogP contribution in [0.1, 0.15) is 51.5 Å². The second-order valence-corrected chi connectivity index (χ2v) is 7.72. The number of hydrogen-bond acceptors (Lipinski definition) is 4. The number of aliphatic imine (C=N–C) groups is 1. The number of unbranched alkanes of at least 4 members (excludes halogenated alkanes) is 1. The largest absolute Gasteiger partial charge is 0.396 e. The lowest BCUT2D eigenvalue weighted by Gasteiger charge is -2.32. The van der Waals surface area contributed by atoms with E-state index in [2.05, 4.69) is 53.6 Å². The molecule has 0 bridgehead atoms. The molecule has 0 aliphatic carbocycles. The third-order valence-corrected chi connectivity index (χ3v) is 5.34. The Bertz CT molecular complexity index is 569. The van der Waals surface area contributed by atoms with Gasteiger partial charge in [0.05, 0.1) is 6.54 Å². The van der Waals surface area contributed by atoms with E-state index in [1.165, 1.54) is 17.7 Å². The van der Waals surface area contributed by atoms with Crippen molar-refractivity contribution in [2.75, 3.05) is 50.9 Å². The molecule has 2 rings (SSSR count). The predicted octanol–water partition coefficient (Wildman–Crippen LogP) is 3.16. The Hall–Kier alpha value is -1.79. The first-order valence-corrected chi connectivity index (χ1v) is 11.3. The smallest absolute Gasteiger partial charge is 0.191 e. The summed E-state index contributed by atoms with van der Waals surface area (Å²) in [6.07, 6.45) is 5.44. The number of guanidine groups is 1. The van der Waals surface area contributed by atoms with Gasteiger partial charge in [-0.25, -0.2) is 4.99 Å². The molecule has 1 aliphatic heterocycles. The van der Waals surface area contributed by atoms with E-state index in [9.17, 15) is 5.11 Å². The molecular weight excluding hydrogens is 364 g/mol. The molecule has 1 aromatic rings. The van der Waals surface area contributed by atoms with E-state index < -0.39 is 0 Å². The first-order chi connectivity index (χ1) is 14.3. The molecule has 1 saturated heterocycles. The van der Waals surface area contributed by atoms with Crippen LogP contribution in [0.15, 0.2) is 29.3 Å². The zero-order valence-corrected chi connectivity index (χ0v) is 18.3. The molecule has 3 N–H and O–H groups in total. The Balaban J connectivity index is 1.75. The summed E-state index contributed by atoms with van der Waals surface area (Å²) in [5.74, 6) is 1.33. The van der Waals surface area contributed by atoms with E-state index in [0.717, 1.165) is 71.0 Å². The number of piperidine rings is 1. The molecule has 164 valence electrons. The van der Waals surface area contributed by atoms with Crippen molar-refractivity contribution in [2.24, 2.45) is 10.9 Å². The number of aliphatic hydroxyl groups is 1. The highest BCUT2D eigenvalue weighted by atomic mass is 16.5. The van der Waals surface area contributed by atoms with E-state index in [0.29, 0.717) is 19.1 Å². The molecule has 29 heavy (non-hydrogen) atoms. The maximum atomic E-state index is 9.29. The van der Waals surface area contributed by atoms with Gasteiger partial charge in [0.2, 0.25) is 0 Å². The van der Waals surface area contributed by atoms with Crippen LogP contribution in [0, 0.1) is 5.92 Å². The Morgan fingerprint density at radius 1 is 1.10 bits per heavy atom. The maximum Gasteiger partial charge on any atom is 0.191 e. The Morgan fingerprint density at radius 3 is 2.48 bits per heavy atom.